The van der Waals surface area contributed by atoms with E-state index in [1.807, 2.05) is 0 Å². The number of rotatable bonds is 2. The predicted octanol–water partition coefficient (Wildman–Crippen LogP) is 7.33. The Morgan fingerprint density at radius 2 is 0.731 bits per heavy atom. The highest BCUT2D eigenvalue weighted by molar-refractivity contribution is 5.93. The molecule has 122 valence electrons. The molecule has 5 rings (SSSR count). The first-order valence-corrected chi connectivity index (χ1v) is 8.95. The molecule has 0 heterocycles. The van der Waals surface area contributed by atoms with Crippen molar-refractivity contribution in [2.75, 3.05) is 0 Å². The first-order chi connectivity index (χ1) is 12.9. The molecule has 0 saturated heterocycles. The monoisotopic (exact) mass is 330 g/mol. The van der Waals surface area contributed by atoms with E-state index in [1.54, 1.807) is 0 Å². The van der Waals surface area contributed by atoms with E-state index in [4.69, 9.17) is 0 Å². The van der Waals surface area contributed by atoms with Gasteiger partial charge in [-0.2, -0.15) is 0 Å². The van der Waals surface area contributed by atoms with Gasteiger partial charge in [0.2, 0.25) is 0 Å². The fraction of sp³-hybridized carbons (Fsp3) is 0. The zero-order chi connectivity index (χ0) is 17.3. The lowest BCUT2D eigenvalue weighted by Crippen LogP contribution is -1.82. The molecule has 0 atom stereocenters. The fourth-order valence-corrected chi connectivity index (χ4v) is 3.61. The average Bonchev–Trinajstić information content (AvgIpc) is 2.73. The van der Waals surface area contributed by atoms with Crippen molar-refractivity contribution >= 4 is 21.5 Å². The van der Waals surface area contributed by atoms with Crippen LogP contribution in [0.15, 0.2) is 109 Å². The smallest absolute Gasteiger partial charge is 0.0172 e. The highest BCUT2D eigenvalue weighted by Gasteiger charge is 2.04. The van der Waals surface area contributed by atoms with Crippen molar-refractivity contribution in [1.82, 2.24) is 0 Å². The summed E-state index contributed by atoms with van der Waals surface area (Å²) in [5, 5.41) is 5.11. The Hall–Kier alpha value is -3.38. The second-order valence-corrected chi connectivity index (χ2v) is 6.70. The average molecular weight is 330 g/mol. The molecule has 0 spiro atoms. The van der Waals surface area contributed by atoms with Crippen molar-refractivity contribution in [2.24, 2.45) is 0 Å². The largest absolute Gasteiger partial charge is 0.0622 e. The quantitative estimate of drug-likeness (QED) is 0.318. The lowest BCUT2D eigenvalue weighted by molar-refractivity contribution is 1.63. The lowest BCUT2D eigenvalue weighted by atomic mass is 9.96. The molecule has 0 fully saturated rings. The maximum atomic E-state index is 2.30. The minimum absolute atomic E-state index is 1.26. The summed E-state index contributed by atoms with van der Waals surface area (Å²) in [5.41, 5.74) is 5.03. The van der Waals surface area contributed by atoms with Gasteiger partial charge >= 0.3 is 0 Å². The third-order valence-electron chi connectivity index (χ3n) is 5.03. The Morgan fingerprint density at radius 3 is 1.38 bits per heavy atom. The molecule has 0 N–H and O–H groups in total. The normalized spacial score (nSPS) is 11.1. The maximum Gasteiger partial charge on any atom is -0.0172 e. The molecule has 0 aliphatic rings. The molecular weight excluding hydrogens is 312 g/mol. The lowest BCUT2D eigenvalue weighted by Gasteiger charge is -2.08. The van der Waals surface area contributed by atoms with E-state index in [0.29, 0.717) is 0 Å². The minimum Gasteiger partial charge on any atom is -0.0622 e. The van der Waals surface area contributed by atoms with Gasteiger partial charge in [-0.25, -0.2) is 0 Å². The van der Waals surface area contributed by atoms with Crippen LogP contribution in [0, 0.1) is 0 Å². The van der Waals surface area contributed by atoms with Gasteiger partial charge in [0.1, 0.15) is 0 Å². The summed E-state index contributed by atoms with van der Waals surface area (Å²) in [6.07, 6.45) is 0. The van der Waals surface area contributed by atoms with Crippen LogP contribution in [0.5, 0.6) is 0 Å². The van der Waals surface area contributed by atoms with Gasteiger partial charge in [0.05, 0.1) is 0 Å². The highest BCUT2D eigenvalue weighted by atomic mass is 14.1. The van der Waals surface area contributed by atoms with Crippen LogP contribution in [0.2, 0.25) is 0 Å². The van der Waals surface area contributed by atoms with Gasteiger partial charge in [0, 0.05) is 0 Å². The van der Waals surface area contributed by atoms with E-state index in [-0.39, 0.29) is 0 Å². The SMILES string of the molecule is c1ccc(-c2ccc3ccc(-c4ccc5ccccc5c4)cc3c2)cc1. The van der Waals surface area contributed by atoms with Crippen LogP contribution in [0.1, 0.15) is 0 Å². The first-order valence-electron chi connectivity index (χ1n) is 8.95. The molecule has 0 nitrogen and oxygen atoms in total. The zero-order valence-electron chi connectivity index (χ0n) is 14.4. The van der Waals surface area contributed by atoms with Gasteiger partial charge in [-0.1, -0.05) is 91.0 Å². The second-order valence-electron chi connectivity index (χ2n) is 6.70. The van der Waals surface area contributed by atoms with E-state index in [0.717, 1.165) is 0 Å². The summed E-state index contributed by atoms with van der Waals surface area (Å²) in [7, 11) is 0. The molecule has 0 bridgehead atoms. The topological polar surface area (TPSA) is 0 Å². The Balaban J connectivity index is 1.63. The Kier molecular flexibility index (Phi) is 3.54. The van der Waals surface area contributed by atoms with Crippen LogP contribution in [-0.2, 0) is 0 Å². The fourth-order valence-electron chi connectivity index (χ4n) is 3.61. The van der Waals surface area contributed by atoms with Crippen LogP contribution in [0.4, 0.5) is 0 Å². The van der Waals surface area contributed by atoms with Gasteiger partial charge in [-0.3, -0.25) is 0 Å². The first kappa shape index (κ1) is 14.9. The van der Waals surface area contributed by atoms with E-state index >= 15 is 0 Å². The van der Waals surface area contributed by atoms with Gasteiger partial charge in [-0.15, -0.1) is 0 Å². The predicted molar refractivity (Wildman–Crippen MR) is 112 cm³/mol. The number of hydrogen-bond acceptors (Lipinski definition) is 0. The van der Waals surface area contributed by atoms with Crippen molar-refractivity contribution in [2.45, 2.75) is 0 Å². The summed E-state index contributed by atoms with van der Waals surface area (Å²) in [4.78, 5) is 0. The molecule has 5 aromatic rings. The van der Waals surface area contributed by atoms with Crippen molar-refractivity contribution in [1.29, 1.82) is 0 Å². The van der Waals surface area contributed by atoms with Crippen molar-refractivity contribution in [3.8, 4) is 22.3 Å². The molecule has 0 unspecified atom stereocenters. The summed E-state index contributed by atoms with van der Waals surface area (Å²) < 4.78 is 0. The van der Waals surface area contributed by atoms with Gasteiger partial charge in [0.25, 0.3) is 0 Å². The number of benzene rings is 5. The van der Waals surface area contributed by atoms with Crippen molar-refractivity contribution in [3.63, 3.8) is 0 Å². The Labute approximate surface area is 153 Å². The minimum atomic E-state index is 1.26. The Bertz CT molecular complexity index is 1220. The van der Waals surface area contributed by atoms with Crippen LogP contribution in [-0.4, -0.2) is 0 Å². The maximum absolute atomic E-state index is 2.30. The van der Waals surface area contributed by atoms with Crippen LogP contribution in [0.3, 0.4) is 0 Å². The standard InChI is InChI=1S/C26H18/c1-2-6-19(7-3-1)23-13-11-21-12-15-25(18-26(21)17-23)24-14-10-20-8-4-5-9-22(20)16-24/h1-18H. The van der Waals surface area contributed by atoms with Gasteiger partial charge < -0.3 is 0 Å². The van der Waals surface area contributed by atoms with Gasteiger partial charge in [-0.05, 0) is 62.0 Å². The summed E-state index contributed by atoms with van der Waals surface area (Å²) in [5.74, 6) is 0. The molecular formula is C26H18. The van der Waals surface area contributed by atoms with E-state index in [9.17, 15) is 0 Å². The van der Waals surface area contributed by atoms with Crippen molar-refractivity contribution in [3.05, 3.63) is 109 Å². The number of fused-ring (bicyclic) bond motifs is 2. The molecule has 0 aliphatic carbocycles. The Morgan fingerprint density at radius 1 is 0.269 bits per heavy atom. The summed E-state index contributed by atoms with van der Waals surface area (Å²) in [6.45, 7) is 0. The zero-order valence-corrected chi connectivity index (χ0v) is 14.4. The van der Waals surface area contributed by atoms with E-state index in [1.165, 1.54) is 43.8 Å². The second kappa shape index (κ2) is 6.16. The molecule has 0 aromatic heterocycles. The molecule has 26 heavy (non-hydrogen) atoms. The third kappa shape index (κ3) is 2.66. The molecule has 0 heteroatoms. The molecule has 0 aliphatic heterocycles. The van der Waals surface area contributed by atoms with E-state index < -0.39 is 0 Å². The third-order valence-corrected chi connectivity index (χ3v) is 5.03. The summed E-state index contributed by atoms with van der Waals surface area (Å²) >= 11 is 0. The van der Waals surface area contributed by atoms with Gasteiger partial charge in [0.15, 0.2) is 0 Å². The van der Waals surface area contributed by atoms with Crippen LogP contribution >= 0.6 is 0 Å². The molecule has 5 aromatic carbocycles. The molecule has 0 saturated carbocycles. The van der Waals surface area contributed by atoms with E-state index in [2.05, 4.69) is 109 Å². The summed E-state index contributed by atoms with van der Waals surface area (Å²) in [6, 6.07) is 39.2. The van der Waals surface area contributed by atoms with Crippen LogP contribution < -0.4 is 0 Å². The number of hydrogen-bond donors (Lipinski definition) is 0. The molecule has 0 amide bonds. The van der Waals surface area contributed by atoms with Crippen molar-refractivity contribution < 1.29 is 0 Å². The molecule has 0 radical (unpaired) electrons. The highest BCUT2D eigenvalue weighted by Crippen LogP contribution is 2.30. The van der Waals surface area contributed by atoms with Crippen LogP contribution in [0.25, 0.3) is 43.8 Å².